The maximum atomic E-state index is 13.6. The monoisotopic (exact) mass is 475 g/mol. The van der Waals surface area contributed by atoms with Crippen LogP contribution in [0.25, 0.3) is 10.9 Å². The molecule has 0 aliphatic carbocycles. The van der Waals surface area contributed by atoms with Gasteiger partial charge in [0.05, 0.1) is 25.9 Å². The molecule has 1 aliphatic heterocycles. The highest BCUT2D eigenvalue weighted by atomic mass is 35.5. The summed E-state index contributed by atoms with van der Waals surface area (Å²) in [5.41, 5.74) is 6.01. The zero-order chi connectivity index (χ0) is 23.8. The SMILES string of the molecule is COc1ccc2[nH]c3c(c2c1)CCN(C(=O)Nc1cc(Cl)ccc1OC)[C@H]3c1ccc(C)cc1. The van der Waals surface area contributed by atoms with Crippen molar-refractivity contribution < 1.29 is 14.3 Å². The molecule has 1 atom stereocenters. The van der Waals surface area contributed by atoms with Gasteiger partial charge in [0.1, 0.15) is 11.5 Å². The standard InChI is InChI=1S/C27H26ClN3O3/c1-16-4-6-17(7-5-16)26-25-20(21-15-19(33-2)9-10-22(21)29-25)12-13-31(26)27(32)30-23-14-18(28)8-11-24(23)34-3/h4-11,14-15,26,29H,12-13H2,1-3H3,(H,30,32)/t26-/m0/s1. The molecule has 0 spiro atoms. The lowest BCUT2D eigenvalue weighted by Crippen LogP contribution is -2.43. The van der Waals surface area contributed by atoms with Crippen molar-refractivity contribution in [1.82, 2.24) is 9.88 Å². The summed E-state index contributed by atoms with van der Waals surface area (Å²) in [5.74, 6) is 1.37. The smallest absolute Gasteiger partial charge is 0.322 e. The number of amides is 2. The number of aromatic nitrogens is 1. The number of carbonyl (C=O) groups excluding carboxylic acids is 1. The largest absolute Gasteiger partial charge is 0.497 e. The first-order chi connectivity index (χ1) is 16.5. The molecule has 0 bridgehead atoms. The number of nitrogens with zero attached hydrogens (tertiary/aromatic N) is 1. The summed E-state index contributed by atoms with van der Waals surface area (Å²) in [6.45, 7) is 2.62. The molecule has 6 nitrogen and oxygen atoms in total. The number of fused-ring (bicyclic) bond motifs is 3. The minimum atomic E-state index is -0.270. The summed E-state index contributed by atoms with van der Waals surface area (Å²) in [5, 5.41) is 4.66. The number of carbonyl (C=O) groups is 1. The predicted octanol–water partition coefficient (Wildman–Crippen LogP) is 6.33. The first kappa shape index (κ1) is 22.2. The average molecular weight is 476 g/mol. The number of H-pyrrole nitrogens is 1. The van der Waals surface area contributed by atoms with Crippen molar-refractivity contribution in [3.05, 3.63) is 88.1 Å². The van der Waals surface area contributed by atoms with Gasteiger partial charge >= 0.3 is 6.03 Å². The molecule has 0 fully saturated rings. The lowest BCUT2D eigenvalue weighted by Gasteiger charge is -2.36. The Morgan fingerprint density at radius 3 is 2.59 bits per heavy atom. The van der Waals surface area contributed by atoms with E-state index in [1.54, 1.807) is 32.4 Å². The van der Waals surface area contributed by atoms with Gasteiger partial charge in [-0.25, -0.2) is 4.79 Å². The Hall–Kier alpha value is -3.64. The number of aromatic amines is 1. The summed E-state index contributed by atoms with van der Waals surface area (Å²) >= 11 is 6.18. The van der Waals surface area contributed by atoms with E-state index < -0.39 is 0 Å². The third kappa shape index (κ3) is 3.94. The van der Waals surface area contributed by atoms with Gasteiger partial charge in [0.2, 0.25) is 0 Å². The van der Waals surface area contributed by atoms with Gasteiger partial charge in [0.25, 0.3) is 0 Å². The van der Waals surface area contributed by atoms with Gasteiger partial charge in [0, 0.05) is 28.2 Å². The number of aryl methyl sites for hydroxylation is 1. The van der Waals surface area contributed by atoms with E-state index in [0.29, 0.717) is 23.0 Å². The van der Waals surface area contributed by atoms with Gasteiger partial charge in [-0.2, -0.15) is 0 Å². The first-order valence-corrected chi connectivity index (χ1v) is 11.5. The highest BCUT2D eigenvalue weighted by Gasteiger charge is 2.35. The van der Waals surface area contributed by atoms with Crippen molar-refractivity contribution in [3.63, 3.8) is 0 Å². The summed E-state index contributed by atoms with van der Waals surface area (Å²) in [4.78, 5) is 19.1. The van der Waals surface area contributed by atoms with Crippen molar-refractivity contribution in [2.24, 2.45) is 0 Å². The van der Waals surface area contributed by atoms with E-state index in [-0.39, 0.29) is 12.1 Å². The maximum Gasteiger partial charge on any atom is 0.322 e. The molecule has 2 heterocycles. The Bertz CT molecular complexity index is 1360. The normalized spacial score (nSPS) is 15.2. The van der Waals surface area contributed by atoms with E-state index in [9.17, 15) is 4.79 Å². The second-order valence-corrected chi connectivity index (χ2v) is 8.90. The summed E-state index contributed by atoms with van der Waals surface area (Å²) in [7, 11) is 3.24. The Kier molecular flexibility index (Phi) is 5.84. The molecule has 2 amide bonds. The Morgan fingerprint density at radius 2 is 1.85 bits per heavy atom. The molecule has 3 aromatic carbocycles. The molecule has 1 aliphatic rings. The zero-order valence-corrected chi connectivity index (χ0v) is 20.1. The van der Waals surface area contributed by atoms with Crippen LogP contribution in [0, 0.1) is 6.92 Å². The number of halogens is 1. The van der Waals surface area contributed by atoms with Gasteiger partial charge in [-0.3, -0.25) is 0 Å². The van der Waals surface area contributed by atoms with E-state index >= 15 is 0 Å². The summed E-state index contributed by atoms with van der Waals surface area (Å²) < 4.78 is 10.9. The fraction of sp³-hybridized carbons (Fsp3) is 0.222. The van der Waals surface area contributed by atoms with Gasteiger partial charge in [0.15, 0.2) is 0 Å². The molecule has 34 heavy (non-hydrogen) atoms. The minimum absolute atomic E-state index is 0.215. The molecular formula is C27H26ClN3O3. The number of ether oxygens (including phenoxy) is 2. The number of hydrogen-bond donors (Lipinski definition) is 2. The average Bonchev–Trinajstić information content (AvgIpc) is 3.22. The van der Waals surface area contributed by atoms with E-state index in [1.165, 1.54) is 11.1 Å². The molecule has 0 saturated carbocycles. The highest BCUT2D eigenvalue weighted by Crippen LogP contribution is 2.40. The van der Waals surface area contributed by atoms with Crippen molar-refractivity contribution in [1.29, 1.82) is 0 Å². The second kappa shape index (κ2) is 8.95. The number of hydrogen-bond acceptors (Lipinski definition) is 3. The topological polar surface area (TPSA) is 66.6 Å². The highest BCUT2D eigenvalue weighted by molar-refractivity contribution is 6.31. The van der Waals surface area contributed by atoms with Crippen LogP contribution in [0.1, 0.15) is 28.4 Å². The number of nitrogens with one attached hydrogen (secondary N) is 2. The lowest BCUT2D eigenvalue weighted by molar-refractivity contribution is 0.193. The van der Waals surface area contributed by atoms with Crippen molar-refractivity contribution >= 4 is 34.2 Å². The zero-order valence-electron chi connectivity index (χ0n) is 19.3. The Labute approximate surface area is 203 Å². The van der Waals surface area contributed by atoms with Crippen molar-refractivity contribution in [2.75, 3.05) is 26.1 Å². The van der Waals surface area contributed by atoms with Crippen molar-refractivity contribution in [3.8, 4) is 11.5 Å². The van der Waals surface area contributed by atoms with E-state index in [4.69, 9.17) is 21.1 Å². The molecule has 5 rings (SSSR count). The van der Waals surface area contributed by atoms with Gasteiger partial charge < -0.3 is 24.7 Å². The van der Waals surface area contributed by atoms with Crippen LogP contribution in [0.5, 0.6) is 11.5 Å². The van der Waals surface area contributed by atoms with Crippen molar-refractivity contribution in [2.45, 2.75) is 19.4 Å². The first-order valence-electron chi connectivity index (χ1n) is 11.1. The minimum Gasteiger partial charge on any atom is -0.497 e. The van der Waals surface area contributed by atoms with E-state index in [1.807, 2.05) is 17.0 Å². The molecule has 0 saturated heterocycles. The van der Waals surface area contributed by atoms with Gasteiger partial charge in [-0.1, -0.05) is 41.4 Å². The van der Waals surface area contributed by atoms with Crippen LogP contribution in [0.2, 0.25) is 5.02 Å². The predicted molar refractivity (Wildman–Crippen MR) is 135 cm³/mol. The third-order valence-corrected chi connectivity index (χ3v) is 6.63. The van der Waals surface area contributed by atoms with E-state index in [2.05, 4.69) is 47.6 Å². The third-order valence-electron chi connectivity index (χ3n) is 6.39. The Morgan fingerprint density at radius 1 is 1.06 bits per heavy atom. The van der Waals surface area contributed by atoms with Crippen LogP contribution in [0.4, 0.5) is 10.5 Å². The maximum absolute atomic E-state index is 13.6. The molecule has 0 radical (unpaired) electrons. The van der Waals surface area contributed by atoms with Crippen LogP contribution >= 0.6 is 11.6 Å². The fourth-order valence-electron chi connectivity index (χ4n) is 4.67. The second-order valence-electron chi connectivity index (χ2n) is 8.46. The Balaban J connectivity index is 1.58. The number of methoxy groups -OCH3 is 2. The molecule has 174 valence electrons. The molecule has 7 heteroatoms. The quantitative estimate of drug-likeness (QED) is 0.362. The molecule has 1 aromatic heterocycles. The van der Waals surface area contributed by atoms with Crippen LogP contribution in [0.15, 0.2) is 60.7 Å². The number of rotatable bonds is 4. The van der Waals surface area contributed by atoms with Gasteiger partial charge in [-0.15, -0.1) is 0 Å². The van der Waals surface area contributed by atoms with Crippen LogP contribution in [0.3, 0.4) is 0 Å². The van der Waals surface area contributed by atoms with E-state index in [0.717, 1.165) is 34.3 Å². The number of benzene rings is 3. The molecule has 4 aromatic rings. The lowest BCUT2D eigenvalue weighted by atomic mass is 9.92. The van der Waals surface area contributed by atoms with Crippen LogP contribution in [-0.4, -0.2) is 36.7 Å². The van der Waals surface area contributed by atoms with Crippen LogP contribution < -0.4 is 14.8 Å². The summed E-state index contributed by atoms with van der Waals surface area (Å²) in [6.07, 6.45) is 0.727. The molecular weight excluding hydrogens is 450 g/mol. The number of urea groups is 1. The molecule has 2 N–H and O–H groups in total. The fourth-order valence-corrected chi connectivity index (χ4v) is 4.85. The number of anilines is 1. The molecule has 0 unspecified atom stereocenters. The summed E-state index contributed by atoms with van der Waals surface area (Å²) in [6, 6.07) is 19.0. The van der Waals surface area contributed by atoms with Gasteiger partial charge in [-0.05, 0) is 60.9 Å². The van der Waals surface area contributed by atoms with Crippen LogP contribution in [-0.2, 0) is 6.42 Å².